The maximum Gasteiger partial charge on any atom is 0.308 e. The van der Waals surface area contributed by atoms with Crippen LogP contribution in [-0.2, 0) is 17.8 Å². The Bertz CT molecular complexity index is 747. The number of carbonyl (C=O) groups is 1. The molecule has 104 valence electrons. The zero-order valence-electron chi connectivity index (χ0n) is 10.9. The molecule has 1 aromatic heterocycles. The van der Waals surface area contributed by atoms with Gasteiger partial charge in [-0.05, 0) is 24.7 Å². The molecule has 0 aliphatic carbocycles. The second-order valence-corrected chi connectivity index (χ2v) is 4.87. The number of carboxylic acid groups (broad SMARTS) is 1. The first kappa shape index (κ1) is 14.2. The molecular weight excluding hydrogens is 276 g/mol. The average molecular weight is 290 g/mol. The van der Waals surface area contributed by atoms with Crippen LogP contribution in [0.1, 0.15) is 16.8 Å². The quantitative estimate of drug-likeness (QED) is 0.843. The SMILES string of the molecule is Cc1[nH]c(=S)n(Cc2ccccc2)c(=O)c1CC(=O)O. The highest BCUT2D eigenvalue weighted by Crippen LogP contribution is 2.05. The summed E-state index contributed by atoms with van der Waals surface area (Å²) in [5.41, 5.74) is 1.32. The fourth-order valence-corrected chi connectivity index (χ4v) is 2.29. The molecule has 5 nitrogen and oxygen atoms in total. The van der Waals surface area contributed by atoms with Crippen LogP contribution in [0.15, 0.2) is 35.1 Å². The fourth-order valence-electron chi connectivity index (χ4n) is 1.99. The average Bonchev–Trinajstić information content (AvgIpc) is 2.40. The molecule has 0 saturated carbocycles. The van der Waals surface area contributed by atoms with Crippen LogP contribution in [0.5, 0.6) is 0 Å². The van der Waals surface area contributed by atoms with Gasteiger partial charge in [-0.2, -0.15) is 0 Å². The van der Waals surface area contributed by atoms with E-state index >= 15 is 0 Å². The van der Waals surface area contributed by atoms with Crippen molar-refractivity contribution in [3.8, 4) is 0 Å². The van der Waals surface area contributed by atoms with Gasteiger partial charge in [0.15, 0.2) is 4.77 Å². The van der Waals surface area contributed by atoms with Crippen LogP contribution in [0, 0.1) is 11.7 Å². The largest absolute Gasteiger partial charge is 0.481 e. The molecule has 20 heavy (non-hydrogen) atoms. The van der Waals surface area contributed by atoms with E-state index in [1.54, 1.807) is 6.92 Å². The maximum absolute atomic E-state index is 12.4. The number of nitrogens with zero attached hydrogens (tertiary/aromatic N) is 1. The smallest absolute Gasteiger partial charge is 0.308 e. The van der Waals surface area contributed by atoms with E-state index in [2.05, 4.69) is 4.98 Å². The maximum atomic E-state index is 12.4. The molecule has 0 fully saturated rings. The highest BCUT2D eigenvalue weighted by Gasteiger charge is 2.13. The van der Waals surface area contributed by atoms with Crippen LogP contribution in [0.2, 0.25) is 0 Å². The molecule has 0 saturated heterocycles. The van der Waals surface area contributed by atoms with Gasteiger partial charge in [0.1, 0.15) is 0 Å². The molecule has 0 amide bonds. The molecule has 0 spiro atoms. The molecule has 0 aliphatic heterocycles. The molecule has 0 unspecified atom stereocenters. The Morgan fingerprint density at radius 1 is 1.35 bits per heavy atom. The lowest BCUT2D eigenvalue weighted by Crippen LogP contribution is -2.28. The van der Waals surface area contributed by atoms with E-state index in [-0.39, 0.29) is 17.5 Å². The summed E-state index contributed by atoms with van der Waals surface area (Å²) in [4.78, 5) is 26.1. The number of hydrogen-bond donors (Lipinski definition) is 2. The van der Waals surface area contributed by atoms with E-state index in [9.17, 15) is 9.59 Å². The number of aromatic amines is 1. The van der Waals surface area contributed by atoms with Crippen LogP contribution in [0.4, 0.5) is 0 Å². The second kappa shape index (κ2) is 5.83. The van der Waals surface area contributed by atoms with E-state index in [4.69, 9.17) is 17.3 Å². The minimum atomic E-state index is -1.04. The van der Waals surface area contributed by atoms with Gasteiger partial charge in [-0.3, -0.25) is 14.2 Å². The molecule has 1 heterocycles. The molecule has 2 aromatic rings. The fraction of sp³-hybridized carbons (Fsp3) is 0.214. The van der Waals surface area contributed by atoms with Crippen molar-refractivity contribution in [2.75, 3.05) is 0 Å². The first-order valence-electron chi connectivity index (χ1n) is 6.07. The van der Waals surface area contributed by atoms with E-state index in [1.807, 2.05) is 30.3 Å². The highest BCUT2D eigenvalue weighted by molar-refractivity contribution is 7.71. The molecular formula is C14H14N2O3S. The molecule has 2 N–H and O–H groups in total. The summed E-state index contributed by atoms with van der Waals surface area (Å²) in [5.74, 6) is -1.04. The predicted molar refractivity (Wildman–Crippen MR) is 77.5 cm³/mol. The number of aromatic nitrogens is 2. The molecule has 2 rings (SSSR count). The third kappa shape index (κ3) is 3.03. The summed E-state index contributed by atoms with van der Waals surface area (Å²) < 4.78 is 1.68. The Morgan fingerprint density at radius 3 is 2.60 bits per heavy atom. The summed E-state index contributed by atoms with van der Waals surface area (Å²) in [6.45, 7) is 1.98. The van der Waals surface area contributed by atoms with Crippen molar-refractivity contribution < 1.29 is 9.90 Å². The first-order chi connectivity index (χ1) is 9.49. The lowest BCUT2D eigenvalue weighted by Gasteiger charge is -2.10. The minimum Gasteiger partial charge on any atom is -0.481 e. The zero-order valence-corrected chi connectivity index (χ0v) is 11.7. The Morgan fingerprint density at radius 2 is 2.00 bits per heavy atom. The Labute approximate surface area is 120 Å². The molecule has 6 heteroatoms. The van der Waals surface area contributed by atoms with Gasteiger partial charge >= 0.3 is 5.97 Å². The summed E-state index contributed by atoms with van der Waals surface area (Å²) in [5, 5.41) is 8.88. The van der Waals surface area contributed by atoms with Crippen molar-refractivity contribution in [2.45, 2.75) is 19.9 Å². The lowest BCUT2D eigenvalue weighted by molar-refractivity contribution is -0.136. The minimum absolute atomic E-state index is 0.238. The van der Waals surface area contributed by atoms with Crippen LogP contribution < -0.4 is 5.56 Å². The molecule has 0 atom stereocenters. The molecule has 0 aliphatic rings. The number of hydrogen-bond acceptors (Lipinski definition) is 3. The summed E-state index contributed by atoms with van der Waals surface area (Å²) in [6, 6.07) is 9.41. The Balaban J connectivity index is 2.51. The number of rotatable bonds is 4. The van der Waals surface area contributed by atoms with Crippen molar-refractivity contribution >= 4 is 18.2 Å². The number of benzene rings is 1. The Hall–Kier alpha value is -2.21. The number of aryl methyl sites for hydroxylation is 1. The number of H-pyrrole nitrogens is 1. The van der Waals surface area contributed by atoms with Crippen molar-refractivity contribution in [3.63, 3.8) is 0 Å². The van der Waals surface area contributed by atoms with Crippen molar-refractivity contribution in [2.24, 2.45) is 0 Å². The summed E-state index contributed by atoms with van der Waals surface area (Å²) >= 11 is 5.16. The standard InChI is InChI=1S/C14H14N2O3S/c1-9-11(7-12(17)18)13(19)16(14(20)15-9)8-10-5-3-2-4-6-10/h2-6H,7-8H2,1H3,(H,15,20)(H,17,18). The van der Waals surface area contributed by atoms with Crippen molar-refractivity contribution in [3.05, 3.63) is 62.3 Å². The van der Waals surface area contributed by atoms with Gasteiger partial charge < -0.3 is 10.1 Å². The van der Waals surface area contributed by atoms with Crippen molar-refractivity contribution in [1.82, 2.24) is 9.55 Å². The Kier molecular flexibility index (Phi) is 4.14. The number of nitrogens with one attached hydrogen (secondary N) is 1. The molecule has 1 aromatic carbocycles. The predicted octanol–water partition coefficient (Wildman–Crippen LogP) is 1.89. The lowest BCUT2D eigenvalue weighted by atomic mass is 10.1. The topological polar surface area (TPSA) is 75.1 Å². The van der Waals surface area contributed by atoms with Crippen LogP contribution in [0.3, 0.4) is 0 Å². The first-order valence-corrected chi connectivity index (χ1v) is 6.48. The number of carboxylic acids is 1. The van der Waals surface area contributed by atoms with Gasteiger partial charge in [-0.1, -0.05) is 30.3 Å². The third-order valence-electron chi connectivity index (χ3n) is 3.01. The second-order valence-electron chi connectivity index (χ2n) is 4.48. The molecule has 0 bridgehead atoms. The van der Waals surface area contributed by atoms with Crippen LogP contribution in [-0.4, -0.2) is 20.6 Å². The summed E-state index contributed by atoms with van der Waals surface area (Å²) in [6.07, 6.45) is -0.314. The monoisotopic (exact) mass is 290 g/mol. The van der Waals surface area contributed by atoms with Gasteiger partial charge in [0.25, 0.3) is 5.56 Å². The normalized spacial score (nSPS) is 10.4. The van der Waals surface area contributed by atoms with E-state index in [0.717, 1.165) is 5.56 Å². The van der Waals surface area contributed by atoms with Crippen molar-refractivity contribution in [1.29, 1.82) is 0 Å². The third-order valence-corrected chi connectivity index (χ3v) is 3.33. The van der Waals surface area contributed by atoms with Gasteiger partial charge in [-0.15, -0.1) is 0 Å². The van der Waals surface area contributed by atoms with Crippen LogP contribution >= 0.6 is 12.2 Å². The van der Waals surface area contributed by atoms with E-state index in [1.165, 1.54) is 4.57 Å². The zero-order chi connectivity index (χ0) is 14.7. The molecule has 0 radical (unpaired) electrons. The van der Waals surface area contributed by atoms with Gasteiger partial charge in [0.2, 0.25) is 0 Å². The van der Waals surface area contributed by atoms with E-state index < -0.39 is 5.97 Å². The summed E-state index contributed by atoms with van der Waals surface area (Å²) in [7, 11) is 0. The van der Waals surface area contributed by atoms with Gasteiger partial charge in [0.05, 0.1) is 13.0 Å². The van der Waals surface area contributed by atoms with Crippen LogP contribution in [0.25, 0.3) is 0 Å². The number of aliphatic carboxylic acids is 1. The van der Waals surface area contributed by atoms with E-state index in [0.29, 0.717) is 17.0 Å². The van der Waals surface area contributed by atoms with Gasteiger partial charge in [0, 0.05) is 11.3 Å². The highest BCUT2D eigenvalue weighted by atomic mass is 32.1. The van der Waals surface area contributed by atoms with Gasteiger partial charge in [-0.25, -0.2) is 0 Å².